The van der Waals surface area contributed by atoms with Crippen LogP contribution in [0.1, 0.15) is 28.1 Å². The molecule has 0 saturated carbocycles. The summed E-state index contributed by atoms with van der Waals surface area (Å²) in [6.45, 7) is 5.36. The molecule has 1 atom stereocenters. The highest BCUT2D eigenvalue weighted by Gasteiger charge is 2.26. The summed E-state index contributed by atoms with van der Waals surface area (Å²) in [4.78, 5) is 19.4. The van der Waals surface area contributed by atoms with Crippen LogP contribution in [0.5, 0.6) is 0 Å². The predicted molar refractivity (Wildman–Crippen MR) is 105 cm³/mol. The first-order chi connectivity index (χ1) is 13.6. The Morgan fingerprint density at radius 1 is 1.36 bits per heavy atom. The highest BCUT2D eigenvalue weighted by Crippen LogP contribution is 2.25. The smallest absolute Gasteiger partial charge is 0.270 e. The van der Waals surface area contributed by atoms with Crippen LogP contribution in [0.3, 0.4) is 0 Å². The fourth-order valence-electron chi connectivity index (χ4n) is 3.25. The molecule has 0 unspecified atom stereocenters. The molecule has 0 bridgehead atoms. The zero-order chi connectivity index (χ0) is 19.5. The molecule has 148 valence electrons. The maximum atomic E-state index is 12.7. The monoisotopic (exact) mass is 401 g/mol. The first-order valence-electron chi connectivity index (χ1n) is 9.21. The van der Waals surface area contributed by atoms with Gasteiger partial charge in [-0.25, -0.2) is 4.98 Å². The van der Waals surface area contributed by atoms with Gasteiger partial charge < -0.3 is 14.5 Å². The van der Waals surface area contributed by atoms with Gasteiger partial charge >= 0.3 is 0 Å². The third kappa shape index (κ3) is 4.16. The van der Waals surface area contributed by atoms with E-state index in [2.05, 4.69) is 20.3 Å². The van der Waals surface area contributed by atoms with Gasteiger partial charge in [0, 0.05) is 43.8 Å². The standard InChI is InChI=1S/C19H23N5O3S/c1-13-3-4-17(27-13)16(24-5-7-26-8-6-24)10-20-18(25)15-12-28-19(22-15)14-9-21-23(2)11-14/h3-4,9,11-12,16H,5-8,10H2,1-2H3,(H,20,25)/t16-/m0/s1. The lowest BCUT2D eigenvalue weighted by molar-refractivity contribution is 0.0117. The van der Waals surface area contributed by atoms with Gasteiger partial charge in [-0.2, -0.15) is 5.10 Å². The molecular weight excluding hydrogens is 378 g/mol. The molecule has 1 amide bonds. The van der Waals surface area contributed by atoms with Crippen LogP contribution >= 0.6 is 11.3 Å². The number of nitrogens with one attached hydrogen (secondary N) is 1. The third-order valence-electron chi connectivity index (χ3n) is 4.72. The summed E-state index contributed by atoms with van der Waals surface area (Å²) in [5.74, 6) is 1.53. The number of furan rings is 1. The average molecular weight is 401 g/mol. The zero-order valence-electron chi connectivity index (χ0n) is 15.9. The summed E-state index contributed by atoms with van der Waals surface area (Å²) in [7, 11) is 1.85. The van der Waals surface area contributed by atoms with Crippen molar-refractivity contribution < 1.29 is 13.9 Å². The average Bonchev–Trinajstić information content (AvgIpc) is 3.44. The lowest BCUT2D eigenvalue weighted by Crippen LogP contribution is -2.43. The predicted octanol–water partition coefficient (Wildman–Crippen LogP) is 2.25. The number of aromatic nitrogens is 3. The Labute approximate surface area is 167 Å². The number of carbonyl (C=O) groups is 1. The summed E-state index contributed by atoms with van der Waals surface area (Å²) in [6, 6.07) is 3.90. The van der Waals surface area contributed by atoms with Crippen molar-refractivity contribution in [3.63, 3.8) is 0 Å². The van der Waals surface area contributed by atoms with E-state index in [4.69, 9.17) is 9.15 Å². The molecule has 1 aliphatic rings. The number of ether oxygens (including phenoxy) is 1. The molecule has 1 saturated heterocycles. The van der Waals surface area contributed by atoms with E-state index in [-0.39, 0.29) is 11.9 Å². The van der Waals surface area contributed by atoms with Gasteiger partial charge in [0.05, 0.1) is 25.5 Å². The quantitative estimate of drug-likeness (QED) is 0.682. The molecule has 0 aromatic carbocycles. The van der Waals surface area contributed by atoms with Crippen molar-refractivity contribution in [1.29, 1.82) is 0 Å². The molecule has 8 nitrogen and oxygen atoms in total. The molecule has 0 radical (unpaired) electrons. The maximum Gasteiger partial charge on any atom is 0.270 e. The Balaban J connectivity index is 1.44. The first-order valence-corrected chi connectivity index (χ1v) is 10.1. The minimum atomic E-state index is -0.187. The number of rotatable bonds is 6. The molecular formula is C19H23N5O3S. The first kappa shape index (κ1) is 18.9. The van der Waals surface area contributed by atoms with E-state index >= 15 is 0 Å². The van der Waals surface area contributed by atoms with Crippen molar-refractivity contribution in [2.45, 2.75) is 13.0 Å². The normalized spacial score (nSPS) is 16.2. The summed E-state index contributed by atoms with van der Waals surface area (Å²) in [6.07, 6.45) is 3.63. The second kappa shape index (κ2) is 8.26. The van der Waals surface area contributed by atoms with E-state index in [9.17, 15) is 4.79 Å². The Morgan fingerprint density at radius 2 is 2.18 bits per heavy atom. The van der Waals surface area contributed by atoms with E-state index in [1.54, 1.807) is 16.3 Å². The highest BCUT2D eigenvalue weighted by molar-refractivity contribution is 7.13. The summed E-state index contributed by atoms with van der Waals surface area (Å²) in [5, 5.41) is 9.72. The van der Waals surface area contributed by atoms with Gasteiger partial charge in [0.15, 0.2) is 0 Å². The minimum Gasteiger partial charge on any atom is -0.465 e. The maximum absolute atomic E-state index is 12.7. The molecule has 4 rings (SSSR count). The van der Waals surface area contributed by atoms with E-state index in [0.29, 0.717) is 25.5 Å². The van der Waals surface area contributed by atoms with Gasteiger partial charge in [0.2, 0.25) is 0 Å². The molecule has 1 fully saturated rings. The number of aryl methyl sites for hydroxylation is 2. The Morgan fingerprint density at radius 3 is 2.86 bits per heavy atom. The van der Waals surface area contributed by atoms with Crippen LogP contribution in [0.2, 0.25) is 0 Å². The molecule has 4 heterocycles. The van der Waals surface area contributed by atoms with E-state index in [1.807, 2.05) is 32.3 Å². The van der Waals surface area contributed by atoms with Crippen LogP contribution in [0, 0.1) is 6.92 Å². The molecule has 3 aromatic heterocycles. The van der Waals surface area contributed by atoms with E-state index in [0.717, 1.165) is 35.2 Å². The van der Waals surface area contributed by atoms with Crippen molar-refractivity contribution in [2.75, 3.05) is 32.8 Å². The topological polar surface area (TPSA) is 85.4 Å². The number of nitrogens with zero attached hydrogens (tertiary/aromatic N) is 4. The second-order valence-corrected chi connectivity index (χ2v) is 7.62. The Bertz CT molecular complexity index is 941. The second-order valence-electron chi connectivity index (χ2n) is 6.76. The van der Waals surface area contributed by atoms with Crippen molar-refractivity contribution >= 4 is 17.2 Å². The van der Waals surface area contributed by atoms with Gasteiger partial charge in [0.1, 0.15) is 22.2 Å². The molecule has 9 heteroatoms. The van der Waals surface area contributed by atoms with Gasteiger partial charge in [-0.1, -0.05) is 0 Å². The Kier molecular flexibility index (Phi) is 5.56. The zero-order valence-corrected chi connectivity index (χ0v) is 16.7. The van der Waals surface area contributed by atoms with Crippen LogP contribution in [0.25, 0.3) is 10.6 Å². The number of hydrogen-bond acceptors (Lipinski definition) is 7. The summed E-state index contributed by atoms with van der Waals surface area (Å²) in [5.41, 5.74) is 1.32. The third-order valence-corrected chi connectivity index (χ3v) is 5.61. The number of hydrogen-bond donors (Lipinski definition) is 1. The lowest BCUT2D eigenvalue weighted by Gasteiger charge is -2.33. The van der Waals surface area contributed by atoms with Gasteiger partial charge in [-0.3, -0.25) is 14.4 Å². The molecule has 3 aromatic rings. The molecule has 0 aliphatic carbocycles. The number of amides is 1. The van der Waals surface area contributed by atoms with Gasteiger partial charge in [0.25, 0.3) is 5.91 Å². The molecule has 1 aliphatic heterocycles. The molecule has 0 spiro atoms. The number of thiazole rings is 1. The fraction of sp³-hybridized carbons (Fsp3) is 0.421. The Hall–Kier alpha value is -2.49. The van der Waals surface area contributed by atoms with E-state index < -0.39 is 0 Å². The van der Waals surface area contributed by atoms with Crippen molar-refractivity contribution in [1.82, 2.24) is 25.0 Å². The van der Waals surface area contributed by atoms with E-state index in [1.165, 1.54) is 11.3 Å². The highest BCUT2D eigenvalue weighted by atomic mass is 32.1. The fourth-order valence-corrected chi connectivity index (χ4v) is 4.03. The van der Waals surface area contributed by atoms with Crippen LogP contribution in [0.15, 0.2) is 34.3 Å². The molecule has 1 N–H and O–H groups in total. The van der Waals surface area contributed by atoms with Gasteiger partial charge in [-0.15, -0.1) is 11.3 Å². The SMILES string of the molecule is Cc1ccc([C@H](CNC(=O)c2csc(-c3cnn(C)c3)n2)N2CCOCC2)o1. The lowest BCUT2D eigenvalue weighted by atomic mass is 10.1. The van der Waals surface area contributed by atoms with Crippen molar-refractivity contribution in [3.8, 4) is 10.6 Å². The molecule has 28 heavy (non-hydrogen) atoms. The minimum absolute atomic E-state index is 0.0296. The summed E-state index contributed by atoms with van der Waals surface area (Å²) < 4.78 is 13.0. The van der Waals surface area contributed by atoms with Crippen LogP contribution < -0.4 is 5.32 Å². The number of morpholine rings is 1. The van der Waals surface area contributed by atoms with Crippen molar-refractivity contribution in [2.24, 2.45) is 7.05 Å². The largest absolute Gasteiger partial charge is 0.465 e. The van der Waals surface area contributed by atoms with Crippen LogP contribution in [0.4, 0.5) is 0 Å². The van der Waals surface area contributed by atoms with Crippen molar-refractivity contribution in [3.05, 3.63) is 47.1 Å². The van der Waals surface area contributed by atoms with Crippen LogP contribution in [-0.2, 0) is 11.8 Å². The number of carbonyl (C=O) groups excluding carboxylic acids is 1. The van der Waals surface area contributed by atoms with Crippen LogP contribution in [-0.4, -0.2) is 58.4 Å². The summed E-state index contributed by atoms with van der Waals surface area (Å²) >= 11 is 1.44. The van der Waals surface area contributed by atoms with Gasteiger partial charge in [-0.05, 0) is 19.1 Å².